The molecule has 0 atom stereocenters. The van der Waals surface area contributed by atoms with Crippen molar-refractivity contribution in [2.24, 2.45) is 11.7 Å². The number of nitrogens with two attached hydrogens (primary N) is 1. The molecule has 0 radical (unpaired) electrons. The van der Waals surface area contributed by atoms with Gasteiger partial charge in [0.1, 0.15) is 0 Å². The monoisotopic (exact) mass is 468 g/mol. The predicted octanol–water partition coefficient (Wildman–Crippen LogP) is 6.64. The van der Waals surface area contributed by atoms with E-state index in [-0.39, 0.29) is 0 Å². The number of hydrogen-bond acceptors (Lipinski definition) is 4. The molecule has 0 aliphatic heterocycles. The number of hydrogen-bond donors (Lipinski definition) is 2. The summed E-state index contributed by atoms with van der Waals surface area (Å²) < 4.78 is 10.5. The van der Waals surface area contributed by atoms with Crippen molar-refractivity contribution in [1.82, 2.24) is 5.32 Å². The average Bonchev–Trinajstić information content (AvgIpc) is 2.60. The van der Waals surface area contributed by atoms with Crippen LogP contribution >= 0.6 is 0 Å². The molecular weight excluding hydrogens is 409 g/mol. The summed E-state index contributed by atoms with van der Waals surface area (Å²) in [4.78, 5) is 0. The van der Waals surface area contributed by atoms with Crippen molar-refractivity contribution in [3.8, 4) is 0 Å². The Bertz CT molecular complexity index is 308. The molecule has 0 unspecified atom stereocenters. The number of rotatable bonds is 10. The summed E-state index contributed by atoms with van der Waals surface area (Å²) in [5.74, 6) is 0.935. The maximum atomic E-state index is 5.43. The summed E-state index contributed by atoms with van der Waals surface area (Å²) in [6.07, 6.45) is 3.86. The molecule has 29 heavy (non-hydrogen) atoms. The van der Waals surface area contributed by atoms with E-state index in [9.17, 15) is 0 Å². The van der Waals surface area contributed by atoms with Crippen LogP contribution in [0.25, 0.3) is 0 Å². The van der Waals surface area contributed by atoms with Crippen LogP contribution in [0, 0.1) is 5.92 Å². The summed E-state index contributed by atoms with van der Waals surface area (Å²) in [6, 6.07) is 1.22. The van der Waals surface area contributed by atoms with E-state index in [2.05, 4.69) is 85.0 Å². The molecule has 0 saturated carbocycles. The lowest BCUT2D eigenvalue weighted by atomic mass is 10.1. The van der Waals surface area contributed by atoms with Crippen LogP contribution in [0.4, 0.5) is 0 Å². The van der Waals surface area contributed by atoms with E-state index in [0.29, 0.717) is 0 Å². The highest BCUT2D eigenvalue weighted by Crippen LogP contribution is 2.11. The van der Waals surface area contributed by atoms with Crippen LogP contribution in [0.1, 0.15) is 40.0 Å². The zero-order valence-electron chi connectivity index (χ0n) is 22.9. The molecule has 0 heterocycles. The average molecular weight is 469 g/mol. The molecule has 0 aliphatic carbocycles. The van der Waals surface area contributed by atoms with Gasteiger partial charge in [0.25, 0.3) is 0 Å². The van der Waals surface area contributed by atoms with E-state index in [1.54, 1.807) is 7.11 Å². The van der Waals surface area contributed by atoms with Crippen molar-refractivity contribution >= 4 is 24.7 Å². The van der Waals surface area contributed by atoms with Gasteiger partial charge >= 0.3 is 0 Å². The van der Waals surface area contributed by atoms with Crippen molar-refractivity contribution in [2.75, 3.05) is 33.9 Å². The molecule has 182 valence electrons. The topological polar surface area (TPSA) is 56.5 Å². The molecule has 3 N–H and O–H groups in total. The highest BCUT2D eigenvalue weighted by Gasteiger charge is 2.18. The van der Waals surface area contributed by atoms with Gasteiger partial charge in [-0.1, -0.05) is 59.8 Å². The van der Waals surface area contributed by atoms with E-state index in [4.69, 9.17) is 14.6 Å². The van der Waals surface area contributed by atoms with Crippen molar-refractivity contribution in [1.29, 1.82) is 0 Å². The first-order valence-corrected chi connectivity index (χ1v) is 22.0. The Balaban J connectivity index is -0.000000156. The van der Waals surface area contributed by atoms with Crippen LogP contribution in [-0.2, 0) is 8.85 Å². The van der Waals surface area contributed by atoms with Crippen LogP contribution < -0.4 is 11.1 Å². The van der Waals surface area contributed by atoms with Crippen molar-refractivity contribution in [3.63, 3.8) is 0 Å². The fraction of sp³-hybridized carbons (Fsp3) is 1.00. The quantitative estimate of drug-likeness (QED) is 0.278. The Kier molecular flexibility index (Phi) is 27.6. The molecule has 4 nitrogen and oxygen atoms in total. The fourth-order valence-electron chi connectivity index (χ4n) is 1.26. The molecular formula is C22H60N2O2Si3. The molecule has 0 aromatic rings. The van der Waals surface area contributed by atoms with E-state index in [1.165, 1.54) is 25.3 Å². The third kappa shape index (κ3) is 58.5. The largest absolute Gasteiger partial charge is 0.421 e. The summed E-state index contributed by atoms with van der Waals surface area (Å²) in [7, 11) is 0.538. The van der Waals surface area contributed by atoms with Crippen molar-refractivity contribution in [2.45, 2.75) is 105 Å². The minimum absolute atomic E-state index is 0.611. The Hall–Kier alpha value is 0.491. The molecule has 0 aromatic carbocycles. The Labute approximate surface area is 189 Å². The molecule has 0 rings (SSSR count). The van der Waals surface area contributed by atoms with Crippen LogP contribution in [0.3, 0.4) is 0 Å². The SMILES string of the molecule is CCC(C)CC.CO[Si](C)(C)C.CO[Si](C)(C)CCCNCCN.C[Si](C)(C)C. The van der Waals surface area contributed by atoms with Crippen LogP contribution in [0.2, 0.25) is 65.0 Å². The Morgan fingerprint density at radius 2 is 1.17 bits per heavy atom. The molecule has 0 saturated heterocycles. The van der Waals surface area contributed by atoms with Crippen LogP contribution in [0.15, 0.2) is 0 Å². The van der Waals surface area contributed by atoms with Crippen LogP contribution in [-0.4, -0.2) is 58.6 Å². The maximum absolute atomic E-state index is 5.43. The summed E-state index contributed by atoms with van der Waals surface area (Å²) in [5, 5.41) is 3.27. The van der Waals surface area contributed by atoms with Gasteiger partial charge < -0.3 is 19.9 Å². The first-order valence-electron chi connectivity index (χ1n) is 11.5. The van der Waals surface area contributed by atoms with Gasteiger partial charge in [-0.25, -0.2) is 0 Å². The van der Waals surface area contributed by atoms with Gasteiger partial charge in [-0.2, -0.15) is 0 Å². The fourth-order valence-corrected chi connectivity index (χ4v) is 2.49. The van der Waals surface area contributed by atoms with Gasteiger partial charge in [-0.15, -0.1) is 0 Å². The Morgan fingerprint density at radius 1 is 0.793 bits per heavy atom. The zero-order valence-corrected chi connectivity index (χ0v) is 25.9. The normalized spacial score (nSPS) is 11.6. The molecule has 0 aromatic heterocycles. The van der Waals surface area contributed by atoms with Gasteiger partial charge in [-0.05, 0) is 57.7 Å². The molecule has 0 bridgehead atoms. The smallest absolute Gasteiger partial charge is 0.186 e. The van der Waals surface area contributed by atoms with Crippen molar-refractivity contribution in [3.05, 3.63) is 0 Å². The number of nitrogens with one attached hydrogen (secondary N) is 1. The second kappa shape index (κ2) is 21.7. The molecule has 0 aliphatic rings. The van der Waals surface area contributed by atoms with Crippen molar-refractivity contribution < 1.29 is 8.85 Å². The summed E-state index contributed by atoms with van der Waals surface area (Å²) in [5.41, 5.74) is 5.34. The minimum atomic E-state index is -1.31. The highest BCUT2D eigenvalue weighted by molar-refractivity contribution is 6.74. The maximum Gasteiger partial charge on any atom is 0.186 e. The minimum Gasteiger partial charge on any atom is -0.421 e. The second-order valence-corrected chi connectivity index (χ2v) is 25.9. The summed E-state index contributed by atoms with van der Waals surface area (Å²) >= 11 is 0. The van der Waals surface area contributed by atoms with Gasteiger partial charge in [-0.3, -0.25) is 0 Å². The van der Waals surface area contributed by atoms with Gasteiger partial charge in [0.15, 0.2) is 16.6 Å². The standard InChI is InChI=1S/C8H22N2OSi.C6H14.C4H12OSi.C4H12Si/c1-11-12(2,3)8-4-6-10-7-5-9;1-4-6(3)5-2;1-5-6(2,3)4;1-5(2,3)4/h10H,4-9H2,1-3H3;6H,4-5H2,1-3H3;1-4H3;1-4H3. The third-order valence-electron chi connectivity index (χ3n) is 4.01. The predicted molar refractivity (Wildman–Crippen MR) is 145 cm³/mol. The van der Waals surface area contributed by atoms with E-state index in [0.717, 1.165) is 25.6 Å². The first-order chi connectivity index (χ1) is 13.0. The zero-order chi connectivity index (χ0) is 24.1. The van der Waals surface area contributed by atoms with E-state index < -0.39 is 24.7 Å². The molecule has 0 spiro atoms. The van der Waals surface area contributed by atoms with Crippen LogP contribution in [0.5, 0.6) is 0 Å². The molecule has 0 fully saturated rings. The lowest BCUT2D eigenvalue weighted by Gasteiger charge is -2.19. The molecule has 7 heteroatoms. The Morgan fingerprint density at radius 3 is 1.38 bits per heavy atom. The van der Waals surface area contributed by atoms with Gasteiger partial charge in [0.05, 0.1) is 0 Å². The van der Waals surface area contributed by atoms with Gasteiger partial charge in [0.2, 0.25) is 0 Å². The highest BCUT2D eigenvalue weighted by atomic mass is 28.4. The van der Waals surface area contributed by atoms with E-state index >= 15 is 0 Å². The summed E-state index contributed by atoms with van der Waals surface area (Å²) in [6.45, 7) is 29.7. The lowest BCUT2D eigenvalue weighted by Crippen LogP contribution is -2.30. The first kappa shape index (κ1) is 36.8. The van der Waals surface area contributed by atoms with E-state index in [1.807, 2.05) is 7.11 Å². The third-order valence-corrected chi connectivity index (χ3v) is 7.90. The van der Waals surface area contributed by atoms with Gasteiger partial charge in [0, 0.05) is 35.4 Å². The second-order valence-electron chi connectivity index (χ2n) is 10.8. The lowest BCUT2D eigenvalue weighted by molar-refractivity contribution is 0.401. The molecule has 0 amide bonds.